The van der Waals surface area contributed by atoms with Gasteiger partial charge in [0.25, 0.3) is 0 Å². The quantitative estimate of drug-likeness (QED) is 0.739. The number of hydrogen-bond acceptors (Lipinski definition) is 3. The Morgan fingerprint density at radius 1 is 1.21 bits per heavy atom. The predicted octanol–water partition coefficient (Wildman–Crippen LogP) is 1.79. The number of rotatable bonds is 6. The monoisotopic (exact) mass is 265 g/mol. The van der Waals surface area contributed by atoms with Crippen LogP contribution in [0.5, 0.6) is 0 Å². The van der Waals surface area contributed by atoms with Crippen LogP contribution in [-0.4, -0.2) is 61.7 Å². The third-order valence-electron chi connectivity index (χ3n) is 5.79. The van der Waals surface area contributed by atoms with Crippen molar-refractivity contribution < 1.29 is 0 Å². The Hall–Kier alpha value is -0.120. The summed E-state index contributed by atoms with van der Waals surface area (Å²) in [5, 5.41) is 3.31. The molecule has 4 aliphatic heterocycles. The Balaban J connectivity index is 1.69. The first kappa shape index (κ1) is 13.8. The van der Waals surface area contributed by atoms with Crippen molar-refractivity contribution in [2.45, 2.75) is 51.1 Å². The molecule has 3 unspecified atom stereocenters. The summed E-state index contributed by atoms with van der Waals surface area (Å²) in [6, 6.07) is 1.75. The molecule has 0 aliphatic carbocycles. The number of hydrogen-bond donors (Lipinski definition) is 1. The third-order valence-corrected chi connectivity index (χ3v) is 5.79. The van der Waals surface area contributed by atoms with Gasteiger partial charge in [-0.05, 0) is 77.2 Å². The lowest BCUT2D eigenvalue weighted by molar-refractivity contribution is 0.00210. The summed E-state index contributed by atoms with van der Waals surface area (Å²) in [5.74, 6) is 2.04. The molecule has 3 heteroatoms. The highest BCUT2D eigenvalue weighted by Crippen LogP contribution is 2.44. The zero-order valence-electron chi connectivity index (χ0n) is 12.8. The fourth-order valence-corrected chi connectivity index (χ4v) is 4.99. The second-order valence-corrected chi connectivity index (χ2v) is 6.84. The van der Waals surface area contributed by atoms with E-state index in [0.717, 1.165) is 23.9 Å². The summed E-state index contributed by atoms with van der Waals surface area (Å²) in [6.07, 6.45) is 7.00. The van der Waals surface area contributed by atoms with Gasteiger partial charge in [0, 0.05) is 18.6 Å². The van der Waals surface area contributed by atoms with Crippen LogP contribution in [0.2, 0.25) is 0 Å². The summed E-state index contributed by atoms with van der Waals surface area (Å²) in [7, 11) is 2.08. The van der Waals surface area contributed by atoms with Crippen molar-refractivity contribution in [1.29, 1.82) is 0 Å². The summed E-state index contributed by atoms with van der Waals surface area (Å²) in [5.41, 5.74) is 0. The van der Waals surface area contributed by atoms with Gasteiger partial charge in [-0.1, -0.05) is 6.92 Å². The zero-order chi connectivity index (χ0) is 13.2. The normalized spacial score (nSPS) is 41.7. The largest absolute Gasteiger partial charge is 0.320 e. The predicted molar refractivity (Wildman–Crippen MR) is 80.4 cm³/mol. The number of nitrogens with zero attached hydrogens (tertiary/aromatic N) is 2. The molecule has 0 amide bonds. The molecule has 0 saturated carbocycles. The van der Waals surface area contributed by atoms with Crippen LogP contribution >= 0.6 is 0 Å². The van der Waals surface area contributed by atoms with Crippen molar-refractivity contribution in [3.63, 3.8) is 0 Å². The fourth-order valence-electron chi connectivity index (χ4n) is 4.99. The summed E-state index contributed by atoms with van der Waals surface area (Å²) >= 11 is 0. The maximum atomic E-state index is 3.31. The topological polar surface area (TPSA) is 18.5 Å². The number of fused-ring (bicyclic) bond motifs is 2. The Kier molecular flexibility index (Phi) is 4.45. The second kappa shape index (κ2) is 6.11. The lowest BCUT2D eigenvalue weighted by Gasteiger charge is -2.49. The molecule has 4 rings (SSSR count). The first-order chi connectivity index (χ1) is 9.35. The molecule has 4 heterocycles. The summed E-state index contributed by atoms with van der Waals surface area (Å²) in [4.78, 5) is 5.67. The van der Waals surface area contributed by atoms with Crippen LogP contribution in [0, 0.1) is 11.8 Å². The average Bonchev–Trinajstić information content (AvgIpc) is 2.82. The number of nitrogens with one attached hydrogen (secondary N) is 1. The van der Waals surface area contributed by atoms with Crippen molar-refractivity contribution in [2.24, 2.45) is 11.8 Å². The van der Waals surface area contributed by atoms with E-state index in [0.29, 0.717) is 0 Å². The maximum absolute atomic E-state index is 3.31. The SMILES string of the molecule is CCCN1CC2C3CCN(CC3)C2C1CCCNC. The molecule has 110 valence electrons. The van der Waals surface area contributed by atoms with Gasteiger partial charge in [-0.3, -0.25) is 9.80 Å². The van der Waals surface area contributed by atoms with Gasteiger partial charge in [-0.25, -0.2) is 0 Å². The highest BCUT2D eigenvalue weighted by atomic mass is 15.3. The van der Waals surface area contributed by atoms with E-state index in [1.165, 1.54) is 64.8 Å². The Labute approximate surface area is 118 Å². The van der Waals surface area contributed by atoms with Crippen molar-refractivity contribution >= 4 is 0 Å². The zero-order valence-corrected chi connectivity index (χ0v) is 12.8. The lowest BCUT2D eigenvalue weighted by Crippen LogP contribution is -2.57. The van der Waals surface area contributed by atoms with Crippen molar-refractivity contribution in [1.82, 2.24) is 15.1 Å². The van der Waals surface area contributed by atoms with Crippen LogP contribution in [0.15, 0.2) is 0 Å². The molecule has 0 aromatic rings. The van der Waals surface area contributed by atoms with Crippen molar-refractivity contribution in [3.8, 4) is 0 Å². The molecule has 4 fully saturated rings. The Bertz CT molecular complexity index is 286. The minimum absolute atomic E-state index is 0.849. The molecule has 3 atom stereocenters. The summed E-state index contributed by atoms with van der Waals surface area (Å²) in [6.45, 7) is 8.99. The van der Waals surface area contributed by atoms with E-state index in [9.17, 15) is 0 Å². The standard InChI is InChI=1S/C16H31N3/c1-3-9-19-12-14-13-6-10-18(11-7-13)16(14)15(19)5-4-8-17-2/h13-17H,3-12H2,1-2H3. The van der Waals surface area contributed by atoms with Crippen LogP contribution in [0.1, 0.15) is 39.0 Å². The molecule has 19 heavy (non-hydrogen) atoms. The molecule has 1 N–H and O–H groups in total. The second-order valence-electron chi connectivity index (χ2n) is 6.84. The third kappa shape index (κ3) is 2.57. The first-order valence-corrected chi connectivity index (χ1v) is 8.47. The van der Waals surface area contributed by atoms with Gasteiger partial charge >= 0.3 is 0 Å². The van der Waals surface area contributed by atoms with E-state index in [1.54, 1.807) is 0 Å². The van der Waals surface area contributed by atoms with E-state index < -0.39 is 0 Å². The molecular weight excluding hydrogens is 234 g/mol. The van der Waals surface area contributed by atoms with Gasteiger partial charge in [-0.2, -0.15) is 0 Å². The van der Waals surface area contributed by atoms with Crippen LogP contribution in [0.3, 0.4) is 0 Å². The van der Waals surface area contributed by atoms with E-state index in [4.69, 9.17) is 0 Å². The minimum Gasteiger partial charge on any atom is -0.320 e. The molecule has 4 aliphatic rings. The Morgan fingerprint density at radius 3 is 2.68 bits per heavy atom. The molecule has 0 aromatic carbocycles. The summed E-state index contributed by atoms with van der Waals surface area (Å²) < 4.78 is 0. The maximum Gasteiger partial charge on any atom is 0.0294 e. The van der Waals surface area contributed by atoms with E-state index in [1.807, 2.05) is 0 Å². The fraction of sp³-hybridized carbons (Fsp3) is 1.00. The first-order valence-electron chi connectivity index (χ1n) is 8.47. The van der Waals surface area contributed by atoms with Gasteiger partial charge in [0.05, 0.1) is 0 Å². The number of likely N-dealkylation sites (tertiary alicyclic amines) is 1. The highest BCUT2D eigenvalue weighted by Gasteiger charge is 2.51. The van der Waals surface area contributed by atoms with Gasteiger partial charge in [0.1, 0.15) is 0 Å². The van der Waals surface area contributed by atoms with Crippen LogP contribution in [-0.2, 0) is 0 Å². The van der Waals surface area contributed by atoms with Crippen molar-refractivity contribution in [3.05, 3.63) is 0 Å². The molecule has 2 bridgehead atoms. The van der Waals surface area contributed by atoms with Gasteiger partial charge < -0.3 is 5.32 Å². The van der Waals surface area contributed by atoms with E-state index in [2.05, 4.69) is 29.1 Å². The Morgan fingerprint density at radius 2 is 2.00 bits per heavy atom. The molecule has 0 aromatic heterocycles. The van der Waals surface area contributed by atoms with Gasteiger partial charge in [0.15, 0.2) is 0 Å². The van der Waals surface area contributed by atoms with Crippen molar-refractivity contribution in [2.75, 3.05) is 39.8 Å². The lowest BCUT2D eigenvalue weighted by atomic mass is 9.73. The van der Waals surface area contributed by atoms with Gasteiger partial charge in [0.2, 0.25) is 0 Å². The molecular formula is C16H31N3. The minimum atomic E-state index is 0.849. The average molecular weight is 265 g/mol. The molecule has 3 nitrogen and oxygen atoms in total. The number of piperidine rings is 3. The van der Waals surface area contributed by atoms with Gasteiger partial charge in [-0.15, -0.1) is 0 Å². The molecule has 4 saturated heterocycles. The van der Waals surface area contributed by atoms with Crippen LogP contribution in [0.25, 0.3) is 0 Å². The molecule has 0 spiro atoms. The highest BCUT2D eigenvalue weighted by molar-refractivity contribution is 5.06. The van der Waals surface area contributed by atoms with Crippen LogP contribution < -0.4 is 5.32 Å². The van der Waals surface area contributed by atoms with E-state index >= 15 is 0 Å². The van der Waals surface area contributed by atoms with Crippen LogP contribution in [0.4, 0.5) is 0 Å². The molecule has 0 radical (unpaired) electrons. The van der Waals surface area contributed by atoms with E-state index in [-0.39, 0.29) is 0 Å². The smallest absolute Gasteiger partial charge is 0.0294 e.